The Balaban J connectivity index is 2.26. The third-order valence-electron chi connectivity index (χ3n) is 2.18. The van der Waals surface area contributed by atoms with Gasteiger partial charge in [0.25, 0.3) is 0 Å². The molecule has 0 aromatic heterocycles. The van der Waals surface area contributed by atoms with Crippen LogP contribution in [0.4, 0.5) is 0 Å². The summed E-state index contributed by atoms with van der Waals surface area (Å²) in [5.74, 6) is 5.42. The average Bonchev–Trinajstić information content (AvgIpc) is 2.26. The molecule has 4 N–H and O–H groups in total. The van der Waals surface area contributed by atoms with Gasteiger partial charge in [0.1, 0.15) is 0 Å². The van der Waals surface area contributed by atoms with E-state index >= 15 is 0 Å². The lowest BCUT2D eigenvalue weighted by atomic mass is 10.1. The van der Waals surface area contributed by atoms with Crippen LogP contribution in [0.25, 0.3) is 0 Å². The average molecular weight is 216 g/mol. The van der Waals surface area contributed by atoms with E-state index in [2.05, 4.69) is 5.10 Å². The highest BCUT2D eigenvalue weighted by Gasteiger charge is 2.16. The third kappa shape index (κ3) is 3.45. The van der Waals surface area contributed by atoms with Gasteiger partial charge in [-0.05, 0) is 19.3 Å². The van der Waals surface area contributed by atoms with Crippen LogP contribution in [-0.2, 0) is 4.79 Å². The smallest absolute Gasteiger partial charge is 0.233 e. The number of nitrogens with two attached hydrogens (primary N) is 2. The van der Waals surface area contributed by atoms with Gasteiger partial charge in [-0.15, -0.1) is 0 Å². The lowest BCUT2D eigenvalue weighted by Gasteiger charge is -2.26. The summed E-state index contributed by atoms with van der Waals surface area (Å²) in [7, 11) is 0. The number of carbonyl (C=O) groups excluding carboxylic acids is 1. The predicted molar refractivity (Wildman–Crippen MR) is 58.7 cm³/mol. The SMILES string of the molecule is NN=C(N)SCC(=O)N1CCCCC1. The molecule has 0 unspecified atom stereocenters. The largest absolute Gasteiger partial charge is 0.377 e. The fourth-order valence-electron chi connectivity index (χ4n) is 1.41. The quantitative estimate of drug-likeness (QED) is 0.293. The summed E-state index contributed by atoms with van der Waals surface area (Å²) in [5.41, 5.74) is 5.37. The van der Waals surface area contributed by atoms with Crippen molar-refractivity contribution in [2.75, 3.05) is 18.8 Å². The summed E-state index contributed by atoms with van der Waals surface area (Å²) in [6, 6.07) is 0. The van der Waals surface area contributed by atoms with E-state index in [1.54, 1.807) is 0 Å². The molecule has 0 aromatic carbocycles. The van der Waals surface area contributed by atoms with Crippen molar-refractivity contribution in [1.82, 2.24) is 4.90 Å². The van der Waals surface area contributed by atoms with Crippen LogP contribution in [0.1, 0.15) is 19.3 Å². The maximum Gasteiger partial charge on any atom is 0.233 e. The van der Waals surface area contributed by atoms with Crippen molar-refractivity contribution in [3.05, 3.63) is 0 Å². The summed E-state index contributed by atoms with van der Waals surface area (Å²) in [4.78, 5) is 13.4. The van der Waals surface area contributed by atoms with E-state index < -0.39 is 0 Å². The Bertz CT molecular complexity index is 225. The van der Waals surface area contributed by atoms with Crippen molar-refractivity contribution in [2.24, 2.45) is 16.7 Å². The number of hydrogen-bond donors (Lipinski definition) is 2. The molecule has 0 bridgehead atoms. The first-order valence-corrected chi connectivity index (χ1v) is 5.66. The molecule has 1 aliphatic rings. The van der Waals surface area contributed by atoms with Crippen molar-refractivity contribution < 1.29 is 4.79 Å². The standard InChI is InChI=1S/C8H16N4OS/c9-8(11-10)14-6-7(13)12-4-2-1-3-5-12/h1-6,10H2,(H2,9,11). The van der Waals surface area contributed by atoms with E-state index in [0.717, 1.165) is 25.9 Å². The van der Waals surface area contributed by atoms with E-state index in [0.29, 0.717) is 5.75 Å². The second kappa shape index (κ2) is 5.74. The number of nitrogens with zero attached hydrogens (tertiary/aromatic N) is 2. The monoisotopic (exact) mass is 216 g/mol. The maximum absolute atomic E-state index is 11.6. The van der Waals surface area contributed by atoms with Gasteiger partial charge < -0.3 is 16.5 Å². The van der Waals surface area contributed by atoms with Crippen LogP contribution >= 0.6 is 11.8 Å². The Morgan fingerprint density at radius 1 is 1.36 bits per heavy atom. The predicted octanol–water partition coefficient (Wildman–Crippen LogP) is -0.0795. The van der Waals surface area contributed by atoms with Crippen LogP contribution in [-0.4, -0.2) is 34.8 Å². The Morgan fingerprint density at radius 2 is 2.00 bits per heavy atom. The summed E-state index contributed by atoms with van der Waals surface area (Å²) < 4.78 is 0. The minimum absolute atomic E-state index is 0.126. The number of carbonyl (C=O) groups is 1. The topological polar surface area (TPSA) is 84.7 Å². The molecule has 0 atom stereocenters. The number of likely N-dealkylation sites (tertiary alicyclic amines) is 1. The molecule has 1 amide bonds. The van der Waals surface area contributed by atoms with Crippen LogP contribution in [0.3, 0.4) is 0 Å². The highest BCUT2D eigenvalue weighted by molar-refractivity contribution is 8.14. The Hall–Kier alpha value is -0.910. The van der Waals surface area contributed by atoms with Crippen molar-refractivity contribution in [3.8, 4) is 0 Å². The Labute approximate surface area is 87.9 Å². The molecule has 0 aromatic rings. The molecule has 1 rings (SSSR count). The zero-order valence-corrected chi connectivity index (χ0v) is 8.92. The molecule has 1 saturated heterocycles. The number of hydrazone groups is 1. The van der Waals surface area contributed by atoms with Gasteiger partial charge in [-0.2, -0.15) is 5.10 Å². The summed E-state index contributed by atoms with van der Waals surface area (Å²) in [5, 5.41) is 3.55. The lowest BCUT2D eigenvalue weighted by molar-refractivity contribution is -0.129. The van der Waals surface area contributed by atoms with E-state index in [-0.39, 0.29) is 11.1 Å². The zero-order chi connectivity index (χ0) is 10.4. The Morgan fingerprint density at radius 3 is 2.57 bits per heavy atom. The van der Waals surface area contributed by atoms with Crippen LogP contribution in [0, 0.1) is 0 Å². The fraction of sp³-hybridized carbons (Fsp3) is 0.750. The van der Waals surface area contributed by atoms with E-state index in [4.69, 9.17) is 11.6 Å². The summed E-state index contributed by atoms with van der Waals surface area (Å²) >= 11 is 1.19. The molecule has 5 nitrogen and oxygen atoms in total. The van der Waals surface area contributed by atoms with E-state index in [1.165, 1.54) is 18.2 Å². The molecule has 0 saturated carbocycles. The second-order valence-corrected chi connectivity index (χ2v) is 4.19. The molecule has 6 heteroatoms. The maximum atomic E-state index is 11.6. The number of amidine groups is 1. The number of hydrogen-bond acceptors (Lipinski definition) is 4. The van der Waals surface area contributed by atoms with Crippen molar-refractivity contribution in [2.45, 2.75) is 19.3 Å². The number of piperidine rings is 1. The van der Waals surface area contributed by atoms with Gasteiger partial charge in [-0.3, -0.25) is 4.79 Å². The molecule has 1 heterocycles. The zero-order valence-electron chi connectivity index (χ0n) is 8.11. The van der Waals surface area contributed by atoms with Gasteiger partial charge >= 0.3 is 0 Å². The number of thioether (sulfide) groups is 1. The van der Waals surface area contributed by atoms with Crippen molar-refractivity contribution >= 4 is 22.8 Å². The second-order valence-electron chi connectivity index (χ2n) is 3.20. The molecule has 80 valence electrons. The van der Waals surface area contributed by atoms with Gasteiger partial charge in [0.15, 0.2) is 5.17 Å². The lowest BCUT2D eigenvalue weighted by Crippen LogP contribution is -2.37. The van der Waals surface area contributed by atoms with E-state index in [1.807, 2.05) is 4.90 Å². The first-order valence-electron chi connectivity index (χ1n) is 4.68. The first-order chi connectivity index (χ1) is 6.74. The van der Waals surface area contributed by atoms with Crippen molar-refractivity contribution in [1.29, 1.82) is 0 Å². The molecule has 0 aliphatic carbocycles. The third-order valence-corrected chi connectivity index (χ3v) is 2.97. The van der Waals surface area contributed by atoms with Gasteiger partial charge in [-0.1, -0.05) is 11.8 Å². The molecule has 14 heavy (non-hydrogen) atoms. The summed E-state index contributed by atoms with van der Waals surface area (Å²) in [6.07, 6.45) is 3.44. The molecule has 1 aliphatic heterocycles. The Kier molecular flexibility index (Phi) is 4.58. The van der Waals surface area contributed by atoms with Crippen molar-refractivity contribution in [3.63, 3.8) is 0 Å². The molecule has 0 spiro atoms. The highest BCUT2D eigenvalue weighted by atomic mass is 32.2. The highest BCUT2D eigenvalue weighted by Crippen LogP contribution is 2.10. The van der Waals surface area contributed by atoms with Crippen LogP contribution in [0.5, 0.6) is 0 Å². The fourth-order valence-corrected chi connectivity index (χ4v) is 1.94. The van der Waals surface area contributed by atoms with Gasteiger partial charge in [0.05, 0.1) is 5.75 Å². The van der Waals surface area contributed by atoms with E-state index in [9.17, 15) is 4.79 Å². The summed E-state index contributed by atoms with van der Waals surface area (Å²) in [6.45, 7) is 1.75. The van der Waals surface area contributed by atoms with Crippen LogP contribution < -0.4 is 11.6 Å². The molecule has 1 fully saturated rings. The first kappa shape index (κ1) is 11.2. The van der Waals surface area contributed by atoms with Gasteiger partial charge in [0.2, 0.25) is 5.91 Å². The minimum Gasteiger partial charge on any atom is -0.377 e. The number of rotatable bonds is 2. The molecule has 0 radical (unpaired) electrons. The van der Waals surface area contributed by atoms with Crippen LogP contribution in [0.15, 0.2) is 5.10 Å². The number of amides is 1. The normalized spacial score (nSPS) is 18.3. The van der Waals surface area contributed by atoms with Crippen LogP contribution in [0.2, 0.25) is 0 Å². The van der Waals surface area contributed by atoms with Gasteiger partial charge in [0, 0.05) is 13.1 Å². The molecular weight excluding hydrogens is 200 g/mol. The minimum atomic E-state index is 0.126. The molecular formula is C8H16N4OS. The van der Waals surface area contributed by atoms with Gasteiger partial charge in [-0.25, -0.2) is 0 Å².